The Bertz CT molecular complexity index is 188. The highest BCUT2D eigenvalue weighted by molar-refractivity contribution is 4.75. The summed E-state index contributed by atoms with van der Waals surface area (Å²) >= 11 is 0. The van der Waals surface area contributed by atoms with Gasteiger partial charge in [-0.1, -0.05) is 6.92 Å². The van der Waals surface area contributed by atoms with Gasteiger partial charge in [0.25, 0.3) is 0 Å². The molecule has 1 unspecified atom stereocenters. The van der Waals surface area contributed by atoms with Crippen molar-refractivity contribution >= 4 is 0 Å². The molecule has 90 valence electrons. The molecule has 5 heteroatoms. The molecule has 1 rings (SSSR count). The molecule has 0 heterocycles. The Balaban J connectivity index is 2.39. The predicted molar refractivity (Wildman–Crippen MR) is 51.4 cm³/mol. The summed E-state index contributed by atoms with van der Waals surface area (Å²) in [6, 6.07) is 0. The molecule has 1 aliphatic rings. The van der Waals surface area contributed by atoms with E-state index in [0.717, 1.165) is 12.8 Å². The van der Waals surface area contributed by atoms with E-state index in [2.05, 4.69) is 6.92 Å². The summed E-state index contributed by atoms with van der Waals surface area (Å²) in [5, 5.41) is 0. The monoisotopic (exact) mass is 225 g/mol. The van der Waals surface area contributed by atoms with Crippen molar-refractivity contribution in [3.8, 4) is 0 Å². The molecule has 0 radical (unpaired) electrons. The van der Waals surface area contributed by atoms with Crippen LogP contribution in [0.1, 0.15) is 32.6 Å². The summed E-state index contributed by atoms with van der Waals surface area (Å²) in [7, 11) is 0. The summed E-state index contributed by atoms with van der Waals surface area (Å²) in [5.41, 5.74) is 5.06. The van der Waals surface area contributed by atoms with Crippen LogP contribution in [-0.4, -0.2) is 24.9 Å². The Kier molecular flexibility index (Phi) is 4.40. The van der Waals surface area contributed by atoms with Gasteiger partial charge in [-0.3, -0.25) is 0 Å². The van der Waals surface area contributed by atoms with E-state index in [4.69, 9.17) is 10.5 Å². The zero-order valence-electron chi connectivity index (χ0n) is 8.89. The molecule has 0 aromatic carbocycles. The Hall–Kier alpha value is -0.290. The second-order valence-electron chi connectivity index (χ2n) is 4.28. The molecule has 1 aliphatic carbocycles. The summed E-state index contributed by atoms with van der Waals surface area (Å²) in [5.74, 6) is 0.604. The lowest BCUT2D eigenvalue weighted by Crippen LogP contribution is -2.41. The molecule has 0 aromatic heterocycles. The number of hydrogen-bond acceptors (Lipinski definition) is 2. The van der Waals surface area contributed by atoms with Crippen molar-refractivity contribution in [3.63, 3.8) is 0 Å². The lowest BCUT2D eigenvalue weighted by molar-refractivity contribution is -0.232. The van der Waals surface area contributed by atoms with E-state index in [1.165, 1.54) is 0 Å². The van der Waals surface area contributed by atoms with E-state index in [-0.39, 0.29) is 6.10 Å². The topological polar surface area (TPSA) is 35.2 Å². The standard InChI is InChI=1S/C10H18F3NO/c1-7-2-4-8(5-3-7)15-9(6-14)10(11,12)13/h7-9H,2-6,14H2,1H3. The third-order valence-corrected chi connectivity index (χ3v) is 2.90. The second-order valence-corrected chi connectivity index (χ2v) is 4.28. The maximum atomic E-state index is 12.3. The quantitative estimate of drug-likeness (QED) is 0.800. The van der Waals surface area contributed by atoms with E-state index in [1.54, 1.807) is 0 Å². The average molecular weight is 225 g/mol. The molecule has 1 saturated carbocycles. The summed E-state index contributed by atoms with van der Waals surface area (Å²) in [4.78, 5) is 0. The average Bonchev–Trinajstić information content (AvgIpc) is 2.15. The first-order valence-electron chi connectivity index (χ1n) is 5.35. The SMILES string of the molecule is CC1CCC(OC(CN)C(F)(F)F)CC1. The van der Waals surface area contributed by atoms with Crippen LogP contribution in [0.15, 0.2) is 0 Å². The van der Waals surface area contributed by atoms with Crippen LogP contribution in [0.4, 0.5) is 13.2 Å². The minimum Gasteiger partial charge on any atom is -0.364 e. The van der Waals surface area contributed by atoms with Crippen LogP contribution in [0.5, 0.6) is 0 Å². The van der Waals surface area contributed by atoms with Gasteiger partial charge in [0.15, 0.2) is 6.10 Å². The highest BCUT2D eigenvalue weighted by Gasteiger charge is 2.41. The highest BCUT2D eigenvalue weighted by Crippen LogP contribution is 2.30. The zero-order valence-corrected chi connectivity index (χ0v) is 8.89. The van der Waals surface area contributed by atoms with Crippen molar-refractivity contribution in [2.75, 3.05) is 6.54 Å². The van der Waals surface area contributed by atoms with Gasteiger partial charge in [0.1, 0.15) is 0 Å². The van der Waals surface area contributed by atoms with Crippen LogP contribution in [0.3, 0.4) is 0 Å². The Morgan fingerprint density at radius 3 is 2.20 bits per heavy atom. The smallest absolute Gasteiger partial charge is 0.364 e. The van der Waals surface area contributed by atoms with Gasteiger partial charge in [-0.05, 0) is 31.6 Å². The van der Waals surface area contributed by atoms with Gasteiger partial charge in [0.05, 0.1) is 6.10 Å². The molecule has 1 fully saturated rings. The molecule has 0 saturated heterocycles. The maximum Gasteiger partial charge on any atom is 0.415 e. The van der Waals surface area contributed by atoms with Gasteiger partial charge in [-0.25, -0.2) is 0 Å². The third-order valence-electron chi connectivity index (χ3n) is 2.90. The van der Waals surface area contributed by atoms with Crippen LogP contribution >= 0.6 is 0 Å². The number of hydrogen-bond donors (Lipinski definition) is 1. The first-order valence-corrected chi connectivity index (χ1v) is 5.35. The van der Waals surface area contributed by atoms with E-state index in [0.29, 0.717) is 18.8 Å². The number of halogens is 3. The first kappa shape index (κ1) is 12.8. The number of alkyl halides is 3. The fourth-order valence-corrected chi connectivity index (χ4v) is 1.86. The Morgan fingerprint density at radius 1 is 1.27 bits per heavy atom. The third kappa shape index (κ3) is 3.99. The van der Waals surface area contributed by atoms with Crippen LogP contribution in [0, 0.1) is 5.92 Å². The van der Waals surface area contributed by atoms with Gasteiger partial charge in [-0.2, -0.15) is 13.2 Å². The fraction of sp³-hybridized carbons (Fsp3) is 1.00. The summed E-state index contributed by atoms with van der Waals surface area (Å²) in [6.07, 6.45) is -3.08. The lowest BCUT2D eigenvalue weighted by atomic mass is 9.89. The van der Waals surface area contributed by atoms with Crippen LogP contribution in [0.25, 0.3) is 0 Å². The van der Waals surface area contributed by atoms with E-state index >= 15 is 0 Å². The maximum absolute atomic E-state index is 12.3. The Labute approximate surface area is 88.0 Å². The van der Waals surface area contributed by atoms with Crippen LogP contribution in [0.2, 0.25) is 0 Å². The van der Waals surface area contributed by atoms with Gasteiger partial charge in [0.2, 0.25) is 0 Å². The highest BCUT2D eigenvalue weighted by atomic mass is 19.4. The van der Waals surface area contributed by atoms with Gasteiger partial charge in [-0.15, -0.1) is 0 Å². The molecule has 15 heavy (non-hydrogen) atoms. The fourth-order valence-electron chi connectivity index (χ4n) is 1.86. The minimum absolute atomic E-state index is 0.267. The van der Waals surface area contributed by atoms with Crippen LogP contribution in [-0.2, 0) is 4.74 Å². The number of nitrogens with two attached hydrogens (primary N) is 1. The molecule has 0 spiro atoms. The van der Waals surface area contributed by atoms with Gasteiger partial charge < -0.3 is 10.5 Å². The first-order chi connectivity index (χ1) is 6.93. The molecule has 1 atom stereocenters. The van der Waals surface area contributed by atoms with Crippen molar-refractivity contribution in [1.82, 2.24) is 0 Å². The van der Waals surface area contributed by atoms with Gasteiger partial charge in [0, 0.05) is 6.54 Å². The molecule has 2 nitrogen and oxygen atoms in total. The van der Waals surface area contributed by atoms with Crippen molar-refractivity contribution in [1.29, 1.82) is 0 Å². The van der Waals surface area contributed by atoms with Crippen molar-refractivity contribution in [2.24, 2.45) is 11.7 Å². The van der Waals surface area contributed by atoms with E-state index in [1.807, 2.05) is 0 Å². The number of rotatable bonds is 3. The minimum atomic E-state index is -4.34. The molecular formula is C10H18F3NO. The molecule has 0 aliphatic heterocycles. The molecule has 0 bridgehead atoms. The van der Waals surface area contributed by atoms with Crippen molar-refractivity contribution < 1.29 is 17.9 Å². The molecule has 2 N–H and O–H groups in total. The van der Waals surface area contributed by atoms with E-state index in [9.17, 15) is 13.2 Å². The normalized spacial score (nSPS) is 30.2. The predicted octanol–water partition coefficient (Wildman–Crippen LogP) is 2.47. The molecular weight excluding hydrogens is 207 g/mol. The van der Waals surface area contributed by atoms with Crippen molar-refractivity contribution in [3.05, 3.63) is 0 Å². The summed E-state index contributed by atoms with van der Waals surface area (Å²) in [6.45, 7) is 1.62. The lowest BCUT2D eigenvalue weighted by Gasteiger charge is -2.30. The van der Waals surface area contributed by atoms with E-state index < -0.39 is 18.8 Å². The number of ether oxygens (including phenoxy) is 1. The largest absolute Gasteiger partial charge is 0.415 e. The van der Waals surface area contributed by atoms with Crippen LogP contribution < -0.4 is 5.73 Å². The summed E-state index contributed by atoms with van der Waals surface area (Å²) < 4.78 is 42.0. The molecule has 0 aromatic rings. The van der Waals surface area contributed by atoms with Crippen molar-refractivity contribution in [2.45, 2.75) is 51.0 Å². The van der Waals surface area contributed by atoms with Gasteiger partial charge >= 0.3 is 6.18 Å². The molecule has 0 amide bonds. The zero-order chi connectivity index (χ0) is 11.5. The Morgan fingerprint density at radius 2 is 1.80 bits per heavy atom. The second kappa shape index (κ2) is 5.16.